The molecule has 0 aliphatic rings. The van der Waals surface area contributed by atoms with Crippen LogP contribution in [-0.2, 0) is 4.79 Å². The molecule has 0 aliphatic heterocycles. The van der Waals surface area contributed by atoms with Crippen LogP contribution >= 0.6 is 0 Å². The minimum atomic E-state index is -0.461. The van der Waals surface area contributed by atoms with Crippen LogP contribution < -0.4 is 10.6 Å². The van der Waals surface area contributed by atoms with E-state index in [9.17, 15) is 14.7 Å². The summed E-state index contributed by atoms with van der Waals surface area (Å²) in [6.45, 7) is 3.92. The first-order chi connectivity index (χ1) is 8.06. The minimum absolute atomic E-state index is 0.0547. The molecule has 5 nitrogen and oxygen atoms in total. The van der Waals surface area contributed by atoms with Gasteiger partial charge in [-0.25, -0.2) is 0 Å². The highest BCUT2D eigenvalue weighted by atomic mass is 16.3. The number of rotatable bonds is 4. The Kier molecular flexibility index (Phi) is 4.51. The molecule has 0 atom stereocenters. The summed E-state index contributed by atoms with van der Waals surface area (Å²) < 4.78 is 0. The van der Waals surface area contributed by atoms with Crippen LogP contribution in [0.15, 0.2) is 18.2 Å². The van der Waals surface area contributed by atoms with Gasteiger partial charge in [-0.2, -0.15) is 0 Å². The second-order valence-electron chi connectivity index (χ2n) is 3.61. The van der Waals surface area contributed by atoms with Crippen LogP contribution in [0.5, 0.6) is 5.75 Å². The molecular formula is C12H16N2O3. The van der Waals surface area contributed by atoms with Crippen LogP contribution in [0, 0.1) is 6.92 Å². The number of carbonyl (C=O) groups excluding carboxylic acids is 2. The van der Waals surface area contributed by atoms with Gasteiger partial charge >= 0.3 is 0 Å². The molecule has 0 spiro atoms. The fraction of sp³-hybridized carbons (Fsp3) is 0.333. The van der Waals surface area contributed by atoms with Crippen LogP contribution in [0.2, 0.25) is 0 Å². The predicted molar refractivity (Wildman–Crippen MR) is 63.9 cm³/mol. The molecule has 0 heterocycles. The van der Waals surface area contributed by atoms with Gasteiger partial charge in [0.2, 0.25) is 5.91 Å². The number of hydrogen-bond donors (Lipinski definition) is 3. The van der Waals surface area contributed by atoms with Gasteiger partial charge in [-0.3, -0.25) is 9.59 Å². The van der Waals surface area contributed by atoms with Gasteiger partial charge in [0.15, 0.2) is 0 Å². The van der Waals surface area contributed by atoms with Gasteiger partial charge in [0, 0.05) is 6.54 Å². The Bertz CT molecular complexity index is 430. The quantitative estimate of drug-likeness (QED) is 0.715. The zero-order chi connectivity index (χ0) is 12.8. The van der Waals surface area contributed by atoms with Gasteiger partial charge in [-0.1, -0.05) is 12.1 Å². The van der Waals surface area contributed by atoms with E-state index in [-0.39, 0.29) is 23.8 Å². The van der Waals surface area contributed by atoms with Crippen molar-refractivity contribution in [3.05, 3.63) is 29.3 Å². The van der Waals surface area contributed by atoms with Crippen molar-refractivity contribution in [3.63, 3.8) is 0 Å². The summed E-state index contributed by atoms with van der Waals surface area (Å²) in [6, 6.07) is 4.89. The molecule has 0 unspecified atom stereocenters. The maximum Gasteiger partial charge on any atom is 0.255 e. The van der Waals surface area contributed by atoms with Gasteiger partial charge in [0.05, 0.1) is 12.1 Å². The number of aromatic hydroxyl groups is 1. The van der Waals surface area contributed by atoms with E-state index in [1.165, 1.54) is 6.07 Å². The maximum absolute atomic E-state index is 11.7. The second kappa shape index (κ2) is 5.89. The smallest absolute Gasteiger partial charge is 0.255 e. The Balaban J connectivity index is 2.64. The number of hydrogen-bond acceptors (Lipinski definition) is 3. The van der Waals surface area contributed by atoms with Crippen molar-refractivity contribution in [3.8, 4) is 5.75 Å². The van der Waals surface area contributed by atoms with E-state index in [0.717, 1.165) is 0 Å². The summed E-state index contributed by atoms with van der Waals surface area (Å²) in [4.78, 5) is 22.8. The number of benzene rings is 1. The molecule has 17 heavy (non-hydrogen) atoms. The zero-order valence-electron chi connectivity index (χ0n) is 9.91. The standard InChI is InChI=1S/C12H16N2O3/c1-3-13-10(15)7-14-12(17)9-6-4-5-8(2)11(9)16/h4-6,16H,3,7H2,1-2H3,(H,13,15)(H,14,17). The summed E-state index contributed by atoms with van der Waals surface area (Å²) in [6.07, 6.45) is 0. The molecule has 1 rings (SSSR count). The highest BCUT2D eigenvalue weighted by Crippen LogP contribution is 2.20. The summed E-state index contributed by atoms with van der Waals surface area (Å²) in [5, 5.41) is 14.7. The Labute approximate surface area is 99.8 Å². The molecular weight excluding hydrogens is 220 g/mol. The predicted octanol–water partition coefficient (Wildman–Crippen LogP) is 0.567. The number of para-hydroxylation sites is 1. The van der Waals surface area contributed by atoms with Crippen molar-refractivity contribution in [2.24, 2.45) is 0 Å². The second-order valence-corrected chi connectivity index (χ2v) is 3.61. The fourth-order valence-electron chi connectivity index (χ4n) is 1.36. The molecule has 0 aromatic heterocycles. The monoisotopic (exact) mass is 236 g/mol. The number of likely N-dealkylation sites (N-methyl/N-ethyl adjacent to an activating group) is 1. The Morgan fingerprint density at radius 2 is 2.00 bits per heavy atom. The highest BCUT2D eigenvalue weighted by molar-refractivity contribution is 5.98. The normalized spacial score (nSPS) is 9.76. The largest absolute Gasteiger partial charge is 0.507 e. The molecule has 0 bridgehead atoms. The molecule has 1 aromatic rings. The lowest BCUT2D eigenvalue weighted by Gasteiger charge is -2.08. The first-order valence-corrected chi connectivity index (χ1v) is 5.39. The van der Waals surface area contributed by atoms with Gasteiger partial charge in [-0.05, 0) is 25.5 Å². The number of phenols is 1. The summed E-state index contributed by atoms with van der Waals surface area (Å²) in [5.41, 5.74) is 0.796. The molecule has 0 saturated heterocycles. The number of carbonyl (C=O) groups is 2. The molecule has 92 valence electrons. The lowest BCUT2D eigenvalue weighted by molar-refractivity contribution is -0.120. The topological polar surface area (TPSA) is 78.4 Å². The lowest BCUT2D eigenvalue weighted by atomic mass is 10.1. The van der Waals surface area contributed by atoms with E-state index in [0.29, 0.717) is 12.1 Å². The molecule has 0 fully saturated rings. The van der Waals surface area contributed by atoms with Crippen LogP contribution in [-0.4, -0.2) is 30.0 Å². The zero-order valence-corrected chi connectivity index (χ0v) is 9.91. The summed E-state index contributed by atoms with van der Waals surface area (Å²) >= 11 is 0. The van der Waals surface area contributed by atoms with Crippen LogP contribution in [0.3, 0.4) is 0 Å². The number of aryl methyl sites for hydroxylation is 1. The first kappa shape index (κ1) is 13.0. The van der Waals surface area contributed by atoms with E-state index in [1.807, 2.05) is 0 Å². The minimum Gasteiger partial charge on any atom is -0.507 e. The van der Waals surface area contributed by atoms with E-state index in [4.69, 9.17) is 0 Å². The fourth-order valence-corrected chi connectivity index (χ4v) is 1.36. The SMILES string of the molecule is CCNC(=O)CNC(=O)c1cccc(C)c1O. The first-order valence-electron chi connectivity index (χ1n) is 5.39. The summed E-state index contributed by atoms with van der Waals surface area (Å²) in [7, 11) is 0. The molecule has 3 N–H and O–H groups in total. The van der Waals surface area contributed by atoms with Gasteiger partial charge in [0.25, 0.3) is 5.91 Å². The Morgan fingerprint density at radius 1 is 1.29 bits per heavy atom. The molecule has 5 heteroatoms. The molecule has 2 amide bonds. The van der Waals surface area contributed by atoms with Crippen LogP contribution in [0.4, 0.5) is 0 Å². The van der Waals surface area contributed by atoms with E-state index >= 15 is 0 Å². The molecule has 1 aromatic carbocycles. The number of phenolic OH excluding ortho intramolecular Hbond substituents is 1. The third-order valence-electron chi connectivity index (χ3n) is 2.27. The van der Waals surface area contributed by atoms with E-state index in [2.05, 4.69) is 10.6 Å². The number of nitrogens with one attached hydrogen (secondary N) is 2. The van der Waals surface area contributed by atoms with E-state index in [1.54, 1.807) is 26.0 Å². The van der Waals surface area contributed by atoms with Crippen LogP contribution in [0.1, 0.15) is 22.8 Å². The Morgan fingerprint density at radius 3 is 2.65 bits per heavy atom. The van der Waals surface area contributed by atoms with Crippen molar-refractivity contribution in [2.45, 2.75) is 13.8 Å². The van der Waals surface area contributed by atoms with Crippen molar-refractivity contribution >= 4 is 11.8 Å². The van der Waals surface area contributed by atoms with Crippen molar-refractivity contribution in [1.82, 2.24) is 10.6 Å². The van der Waals surface area contributed by atoms with Crippen molar-refractivity contribution < 1.29 is 14.7 Å². The third-order valence-corrected chi connectivity index (χ3v) is 2.27. The van der Waals surface area contributed by atoms with Crippen LogP contribution in [0.25, 0.3) is 0 Å². The maximum atomic E-state index is 11.7. The van der Waals surface area contributed by atoms with E-state index < -0.39 is 5.91 Å². The molecule has 0 aliphatic carbocycles. The Hall–Kier alpha value is -2.04. The average Bonchev–Trinajstić information content (AvgIpc) is 2.30. The van der Waals surface area contributed by atoms with Gasteiger partial charge in [0.1, 0.15) is 5.75 Å². The van der Waals surface area contributed by atoms with Gasteiger partial charge < -0.3 is 15.7 Å². The third kappa shape index (κ3) is 3.48. The average molecular weight is 236 g/mol. The van der Waals surface area contributed by atoms with Crippen molar-refractivity contribution in [2.75, 3.05) is 13.1 Å². The summed E-state index contributed by atoms with van der Waals surface area (Å²) in [5.74, 6) is -0.772. The molecule has 0 saturated carbocycles. The number of amides is 2. The van der Waals surface area contributed by atoms with Crippen molar-refractivity contribution in [1.29, 1.82) is 0 Å². The highest BCUT2D eigenvalue weighted by Gasteiger charge is 2.12. The van der Waals surface area contributed by atoms with Gasteiger partial charge in [-0.15, -0.1) is 0 Å². The lowest BCUT2D eigenvalue weighted by Crippen LogP contribution is -2.36. The molecule has 0 radical (unpaired) electrons.